The monoisotopic (exact) mass is 453 g/mol. The van der Waals surface area contributed by atoms with Crippen LogP contribution in [0, 0.1) is 0 Å². The highest BCUT2D eigenvalue weighted by molar-refractivity contribution is 5.96. The molecule has 34 heavy (non-hydrogen) atoms. The van der Waals surface area contributed by atoms with Gasteiger partial charge in [-0.3, -0.25) is 4.79 Å². The topological polar surface area (TPSA) is 93.5 Å². The zero-order valence-corrected chi connectivity index (χ0v) is 18.5. The van der Waals surface area contributed by atoms with Gasteiger partial charge in [0.15, 0.2) is 0 Å². The number of pyridine rings is 2. The Morgan fingerprint density at radius 1 is 1.12 bits per heavy atom. The molecule has 2 aromatic heterocycles. The summed E-state index contributed by atoms with van der Waals surface area (Å²) < 4.78 is 8.03. The van der Waals surface area contributed by atoms with E-state index in [1.165, 1.54) is 11.8 Å². The number of anilines is 1. The van der Waals surface area contributed by atoms with Gasteiger partial charge in [0.2, 0.25) is 5.43 Å². The first-order valence-corrected chi connectivity index (χ1v) is 11.4. The van der Waals surface area contributed by atoms with Gasteiger partial charge in [-0.1, -0.05) is 36.4 Å². The van der Waals surface area contributed by atoms with E-state index in [9.17, 15) is 14.7 Å². The minimum atomic E-state index is -1.20. The zero-order chi connectivity index (χ0) is 23.2. The molecular formula is C27H23N3O4. The van der Waals surface area contributed by atoms with E-state index >= 15 is 0 Å². The second kappa shape index (κ2) is 8.11. The second-order valence-electron chi connectivity index (χ2n) is 8.86. The number of carbonyl (C=O) groups is 1. The van der Waals surface area contributed by atoms with Crippen LogP contribution < -0.4 is 10.7 Å². The van der Waals surface area contributed by atoms with Crippen LogP contribution in [0.5, 0.6) is 0 Å². The van der Waals surface area contributed by atoms with Gasteiger partial charge < -0.3 is 19.7 Å². The molecule has 6 rings (SSSR count). The molecular weight excluding hydrogens is 430 g/mol. The van der Waals surface area contributed by atoms with Crippen molar-refractivity contribution in [1.82, 2.24) is 9.55 Å². The summed E-state index contributed by atoms with van der Waals surface area (Å²) in [6.07, 6.45) is 5.30. The van der Waals surface area contributed by atoms with Gasteiger partial charge in [-0.15, -0.1) is 0 Å². The van der Waals surface area contributed by atoms with Crippen molar-refractivity contribution >= 4 is 22.7 Å². The number of rotatable bonds is 5. The SMILES string of the molecule is O=C(O)c1cn(C2CC2)c2c3c(ccc2c1=O)-c1cnc(NCc2ccccc2)cc1COC3. The molecule has 0 spiro atoms. The number of carboxylic acid groups (broad SMARTS) is 1. The van der Waals surface area contributed by atoms with Crippen molar-refractivity contribution in [3.63, 3.8) is 0 Å². The van der Waals surface area contributed by atoms with E-state index in [-0.39, 0.29) is 11.6 Å². The molecule has 2 aromatic carbocycles. The van der Waals surface area contributed by atoms with Crippen LogP contribution in [0.1, 0.15) is 45.9 Å². The van der Waals surface area contributed by atoms with Crippen molar-refractivity contribution in [3.05, 3.63) is 93.4 Å². The van der Waals surface area contributed by atoms with Gasteiger partial charge in [0, 0.05) is 41.5 Å². The van der Waals surface area contributed by atoms with Crippen molar-refractivity contribution in [1.29, 1.82) is 0 Å². The molecule has 3 heterocycles. The van der Waals surface area contributed by atoms with E-state index < -0.39 is 11.4 Å². The molecule has 170 valence electrons. The van der Waals surface area contributed by atoms with Crippen LogP contribution in [-0.4, -0.2) is 20.6 Å². The first-order chi connectivity index (χ1) is 16.6. The fourth-order valence-corrected chi connectivity index (χ4v) is 4.72. The Hall–Kier alpha value is -3.97. The first kappa shape index (κ1) is 20.6. The van der Waals surface area contributed by atoms with Gasteiger partial charge in [-0.2, -0.15) is 0 Å². The second-order valence-corrected chi connectivity index (χ2v) is 8.86. The predicted molar refractivity (Wildman–Crippen MR) is 129 cm³/mol. The maximum atomic E-state index is 13.0. The lowest BCUT2D eigenvalue weighted by Crippen LogP contribution is -2.19. The van der Waals surface area contributed by atoms with Crippen molar-refractivity contribution < 1.29 is 14.6 Å². The third-order valence-corrected chi connectivity index (χ3v) is 6.57. The summed E-state index contributed by atoms with van der Waals surface area (Å²) in [6.45, 7) is 1.44. The van der Waals surface area contributed by atoms with Crippen molar-refractivity contribution in [2.24, 2.45) is 0 Å². The number of fused-ring (bicyclic) bond motifs is 5. The number of benzene rings is 2. The van der Waals surface area contributed by atoms with Gasteiger partial charge in [-0.25, -0.2) is 9.78 Å². The number of hydrogen-bond acceptors (Lipinski definition) is 5. The molecule has 1 aliphatic carbocycles. The number of aromatic nitrogens is 2. The van der Waals surface area contributed by atoms with Crippen molar-refractivity contribution in [3.8, 4) is 11.1 Å². The average molecular weight is 453 g/mol. The molecule has 1 saturated carbocycles. The molecule has 0 radical (unpaired) electrons. The highest BCUT2D eigenvalue weighted by atomic mass is 16.5. The van der Waals surface area contributed by atoms with Crippen LogP contribution in [-0.2, 0) is 24.5 Å². The quantitative estimate of drug-likeness (QED) is 0.453. The summed E-state index contributed by atoms with van der Waals surface area (Å²) >= 11 is 0. The standard InChI is InChI=1S/C27H23N3O4/c31-26-20-9-8-19-21-12-29-24(28-11-16-4-2-1-3-5-16)10-17(21)14-34-15-23(19)25(20)30(18-6-7-18)13-22(26)27(32)33/h1-5,8-10,12-13,18H,6-7,11,14-15H2,(H,28,29)(H,32,33). The number of aromatic carboxylic acids is 1. The number of ether oxygens (including phenoxy) is 1. The molecule has 4 aromatic rings. The van der Waals surface area contributed by atoms with Gasteiger partial charge >= 0.3 is 5.97 Å². The fraction of sp³-hybridized carbons (Fsp3) is 0.222. The van der Waals surface area contributed by atoms with Crippen LogP contribution in [0.25, 0.3) is 22.0 Å². The zero-order valence-electron chi connectivity index (χ0n) is 18.5. The van der Waals surface area contributed by atoms with Crippen LogP contribution in [0.15, 0.2) is 65.7 Å². The molecule has 0 atom stereocenters. The summed E-state index contributed by atoms with van der Waals surface area (Å²) in [6, 6.07) is 16.0. The first-order valence-electron chi connectivity index (χ1n) is 11.4. The maximum Gasteiger partial charge on any atom is 0.341 e. The molecule has 2 N–H and O–H groups in total. The minimum absolute atomic E-state index is 0.190. The Morgan fingerprint density at radius 2 is 1.94 bits per heavy atom. The number of nitrogens with zero attached hydrogens (tertiary/aromatic N) is 2. The molecule has 7 heteroatoms. The molecule has 0 amide bonds. The lowest BCUT2D eigenvalue weighted by Gasteiger charge is -2.17. The molecule has 1 aliphatic heterocycles. The van der Waals surface area contributed by atoms with Gasteiger partial charge in [-0.05, 0) is 41.7 Å². The molecule has 1 fully saturated rings. The third-order valence-electron chi connectivity index (χ3n) is 6.57. The number of nitrogens with one attached hydrogen (secondary N) is 1. The maximum absolute atomic E-state index is 13.0. The highest BCUT2D eigenvalue weighted by Crippen LogP contribution is 2.41. The van der Waals surface area contributed by atoms with E-state index in [1.54, 1.807) is 6.07 Å². The Morgan fingerprint density at radius 3 is 2.71 bits per heavy atom. The summed E-state index contributed by atoms with van der Waals surface area (Å²) in [5.74, 6) is -0.422. The Balaban J connectivity index is 1.45. The molecule has 0 saturated heterocycles. The lowest BCUT2D eigenvalue weighted by molar-refractivity contribution is 0.0695. The van der Waals surface area contributed by atoms with Gasteiger partial charge in [0.05, 0.1) is 18.7 Å². The molecule has 0 bridgehead atoms. The molecule has 0 unspecified atom stereocenters. The van der Waals surface area contributed by atoms with Crippen molar-refractivity contribution in [2.45, 2.75) is 38.6 Å². The summed E-state index contributed by atoms with van der Waals surface area (Å²) in [4.78, 5) is 29.3. The molecule has 7 nitrogen and oxygen atoms in total. The van der Waals surface area contributed by atoms with Crippen LogP contribution in [0.2, 0.25) is 0 Å². The van der Waals surface area contributed by atoms with E-state index in [0.717, 1.165) is 46.4 Å². The summed E-state index contributed by atoms with van der Waals surface area (Å²) in [7, 11) is 0. The fourth-order valence-electron chi connectivity index (χ4n) is 4.72. The van der Waals surface area contributed by atoms with Crippen molar-refractivity contribution in [2.75, 3.05) is 5.32 Å². The Labute approximate surface area is 195 Å². The smallest absolute Gasteiger partial charge is 0.341 e. The van der Waals surface area contributed by atoms with E-state index in [4.69, 9.17) is 4.74 Å². The van der Waals surface area contributed by atoms with Gasteiger partial charge in [0.1, 0.15) is 11.4 Å². The molecule has 2 aliphatic rings. The van der Waals surface area contributed by atoms with E-state index in [0.29, 0.717) is 25.1 Å². The minimum Gasteiger partial charge on any atom is -0.477 e. The number of hydrogen-bond donors (Lipinski definition) is 2. The van der Waals surface area contributed by atoms with Crippen LogP contribution in [0.3, 0.4) is 0 Å². The average Bonchev–Trinajstić information content (AvgIpc) is 3.70. The normalized spacial score (nSPS) is 14.8. The predicted octanol–water partition coefficient (Wildman–Crippen LogP) is 4.74. The number of carboxylic acids is 1. The Bertz CT molecular complexity index is 1490. The summed E-state index contributed by atoms with van der Waals surface area (Å²) in [5.41, 5.74) is 5.17. The van der Waals surface area contributed by atoms with Gasteiger partial charge in [0.25, 0.3) is 0 Å². The largest absolute Gasteiger partial charge is 0.477 e. The van der Waals surface area contributed by atoms with Crippen LogP contribution >= 0.6 is 0 Å². The Kier molecular flexibility index (Phi) is 4.92. The van der Waals surface area contributed by atoms with E-state index in [2.05, 4.69) is 22.4 Å². The van der Waals surface area contributed by atoms with E-state index in [1.807, 2.05) is 41.1 Å². The highest BCUT2D eigenvalue weighted by Gasteiger charge is 2.29. The third kappa shape index (κ3) is 3.54. The lowest BCUT2D eigenvalue weighted by atomic mass is 9.95. The van der Waals surface area contributed by atoms with Crippen LogP contribution in [0.4, 0.5) is 5.82 Å². The summed E-state index contributed by atoms with van der Waals surface area (Å²) in [5, 5.41) is 13.4.